The molecule has 0 bridgehead atoms. The first-order chi connectivity index (χ1) is 13.9. The molecule has 4 heterocycles. The van der Waals surface area contributed by atoms with Crippen molar-refractivity contribution in [1.29, 1.82) is 0 Å². The number of amidine groups is 1. The molecule has 0 unspecified atom stereocenters. The van der Waals surface area contributed by atoms with Gasteiger partial charge in [0.25, 0.3) is 0 Å². The van der Waals surface area contributed by atoms with Crippen molar-refractivity contribution in [3.05, 3.63) is 53.1 Å². The van der Waals surface area contributed by atoms with Crippen LogP contribution in [-0.2, 0) is 11.3 Å². The first-order valence-electron chi connectivity index (χ1n) is 9.50. The molecule has 2 N–H and O–H groups in total. The summed E-state index contributed by atoms with van der Waals surface area (Å²) in [4.78, 5) is 14.6. The molecule has 0 saturated carbocycles. The number of fused-ring (bicyclic) bond motifs is 2. The third-order valence-electron chi connectivity index (χ3n) is 5.01. The number of aromatic nitrogens is 3. The summed E-state index contributed by atoms with van der Waals surface area (Å²) in [5.41, 5.74) is 5.25. The van der Waals surface area contributed by atoms with Crippen molar-refractivity contribution in [2.45, 2.75) is 39.0 Å². The first-order valence-corrected chi connectivity index (χ1v) is 9.50. The van der Waals surface area contributed by atoms with Crippen LogP contribution in [0.4, 0.5) is 10.2 Å². The summed E-state index contributed by atoms with van der Waals surface area (Å²) >= 11 is 0. The molecule has 29 heavy (non-hydrogen) atoms. The van der Waals surface area contributed by atoms with Crippen molar-refractivity contribution >= 4 is 17.3 Å². The highest BCUT2D eigenvalue weighted by molar-refractivity contribution is 6.03. The Labute approximate surface area is 166 Å². The van der Waals surface area contributed by atoms with Crippen molar-refractivity contribution in [1.82, 2.24) is 20.1 Å². The monoisotopic (exact) mass is 396 g/mol. The Bertz CT molecular complexity index is 1140. The Morgan fingerprint density at radius 1 is 1.34 bits per heavy atom. The van der Waals surface area contributed by atoms with E-state index in [4.69, 9.17) is 9.57 Å². The van der Waals surface area contributed by atoms with Crippen molar-refractivity contribution in [2.24, 2.45) is 4.99 Å². The maximum absolute atomic E-state index is 14.0. The van der Waals surface area contributed by atoms with Gasteiger partial charge in [-0.05, 0) is 39.0 Å². The molecule has 2 aliphatic rings. The maximum atomic E-state index is 14.0. The number of benzene rings is 1. The highest BCUT2D eigenvalue weighted by Crippen LogP contribution is 2.35. The van der Waals surface area contributed by atoms with E-state index in [-0.39, 0.29) is 11.9 Å². The molecule has 0 saturated heterocycles. The zero-order valence-electron chi connectivity index (χ0n) is 16.4. The molecule has 2 aliphatic heterocycles. The van der Waals surface area contributed by atoms with Gasteiger partial charge in [0, 0.05) is 23.7 Å². The van der Waals surface area contributed by atoms with Crippen LogP contribution in [-0.4, -0.2) is 32.8 Å². The number of hydrogen-bond donors (Lipinski definition) is 2. The molecule has 1 atom stereocenters. The summed E-state index contributed by atoms with van der Waals surface area (Å²) < 4.78 is 21.4. The molecule has 5 rings (SSSR count). The van der Waals surface area contributed by atoms with E-state index < -0.39 is 5.72 Å². The average molecular weight is 396 g/mol. The van der Waals surface area contributed by atoms with Crippen molar-refractivity contribution in [3.8, 4) is 5.75 Å². The standard InChI is InChI=1S/C20H21FN6O2/c1-11(14-9-13(21)8-12-5-7-28-17(12)14)23-16-4-6-27-19(24-16)15(10-22-27)18-25-20(2,3)29-26-18/h4,6,8-11H,5,7H2,1-3H3,(H,23,24)(H,25,26)/t11-/m1/s1. The molecule has 0 aliphatic carbocycles. The Kier molecular flexibility index (Phi) is 3.95. The highest BCUT2D eigenvalue weighted by atomic mass is 19.1. The minimum Gasteiger partial charge on any atom is -0.493 e. The molecule has 0 amide bonds. The molecule has 1 aromatic carbocycles. The number of aliphatic imine (C=N–C) groups is 1. The minimum absolute atomic E-state index is 0.192. The van der Waals surface area contributed by atoms with Crippen LogP contribution >= 0.6 is 0 Å². The van der Waals surface area contributed by atoms with Crippen LogP contribution < -0.4 is 15.5 Å². The SMILES string of the molecule is C[C@@H](Nc1ccn2ncc(C3=NC(C)(C)ON3)c2n1)c1cc(F)cc2c1OCC2. The first kappa shape index (κ1) is 17.9. The van der Waals surface area contributed by atoms with Crippen LogP contribution in [0.2, 0.25) is 0 Å². The normalized spacial score (nSPS) is 18.1. The van der Waals surface area contributed by atoms with Crippen molar-refractivity contribution in [3.63, 3.8) is 0 Å². The topological polar surface area (TPSA) is 85.1 Å². The van der Waals surface area contributed by atoms with Gasteiger partial charge in [-0.3, -0.25) is 0 Å². The quantitative estimate of drug-likeness (QED) is 0.705. The lowest BCUT2D eigenvalue weighted by atomic mass is 10.0. The van der Waals surface area contributed by atoms with Gasteiger partial charge in [0.05, 0.1) is 24.4 Å². The van der Waals surface area contributed by atoms with E-state index in [2.05, 4.69) is 25.9 Å². The fourth-order valence-corrected chi connectivity index (χ4v) is 3.64. The number of nitrogens with one attached hydrogen (secondary N) is 2. The molecule has 0 radical (unpaired) electrons. The molecular formula is C20H21FN6O2. The zero-order chi connectivity index (χ0) is 20.2. The van der Waals surface area contributed by atoms with Gasteiger partial charge in [0.1, 0.15) is 17.4 Å². The van der Waals surface area contributed by atoms with E-state index in [1.807, 2.05) is 33.0 Å². The second kappa shape index (κ2) is 6.41. The fraction of sp³-hybridized carbons (Fsp3) is 0.350. The van der Waals surface area contributed by atoms with E-state index in [0.29, 0.717) is 23.9 Å². The molecule has 9 heteroatoms. The zero-order valence-corrected chi connectivity index (χ0v) is 16.4. The number of hydrogen-bond acceptors (Lipinski definition) is 7. The van der Waals surface area contributed by atoms with Gasteiger partial charge in [-0.15, -0.1) is 0 Å². The number of rotatable bonds is 4. The van der Waals surface area contributed by atoms with E-state index in [1.165, 1.54) is 6.07 Å². The maximum Gasteiger partial charge on any atom is 0.182 e. The van der Waals surface area contributed by atoms with Crippen LogP contribution in [0, 0.1) is 5.82 Å². The van der Waals surface area contributed by atoms with E-state index in [1.54, 1.807) is 16.8 Å². The van der Waals surface area contributed by atoms with Crippen molar-refractivity contribution < 1.29 is 14.0 Å². The summed E-state index contributed by atoms with van der Waals surface area (Å²) in [5.74, 6) is 1.73. The Balaban J connectivity index is 1.47. The Morgan fingerprint density at radius 3 is 3.00 bits per heavy atom. The summed E-state index contributed by atoms with van der Waals surface area (Å²) in [7, 11) is 0. The second-order valence-corrected chi connectivity index (χ2v) is 7.70. The van der Waals surface area contributed by atoms with Crippen LogP contribution in [0.5, 0.6) is 5.75 Å². The van der Waals surface area contributed by atoms with Gasteiger partial charge in [0.2, 0.25) is 0 Å². The van der Waals surface area contributed by atoms with Crippen molar-refractivity contribution in [2.75, 3.05) is 11.9 Å². The molecule has 3 aromatic rings. The number of nitrogens with zero attached hydrogens (tertiary/aromatic N) is 4. The highest BCUT2D eigenvalue weighted by Gasteiger charge is 2.28. The summed E-state index contributed by atoms with van der Waals surface area (Å²) in [6.45, 7) is 6.26. The third-order valence-corrected chi connectivity index (χ3v) is 5.01. The van der Waals surface area contributed by atoms with Crippen LogP contribution in [0.15, 0.2) is 35.6 Å². The number of halogens is 1. The lowest BCUT2D eigenvalue weighted by Crippen LogP contribution is -2.23. The van der Waals surface area contributed by atoms with Crippen LogP contribution in [0.25, 0.3) is 5.65 Å². The molecule has 0 spiro atoms. The third kappa shape index (κ3) is 3.17. The Hall–Kier alpha value is -3.20. The van der Waals surface area contributed by atoms with E-state index >= 15 is 0 Å². The van der Waals surface area contributed by atoms with Gasteiger partial charge in [0.15, 0.2) is 17.2 Å². The Morgan fingerprint density at radius 2 is 2.21 bits per heavy atom. The molecule has 8 nitrogen and oxygen atoms in total. The number of hydroxylamine groups is 1. The minimum atomic E-state index is -0.647. The van der Waals surface area contributed by atoms with E-state index in [0.717, 1.165) is 28.9 Å². The lowest BCUT2D eigenvalue weighted by Gasteiger charge is -2.18. The van der Waals surface area contributed by atoms with Gasteiger partial charge in [-0.2, -0.15) is 5.10 Å². The van der Waals surface area contributed by atoms with E-state index in [9.17, 15) is 4.39 Å². The number of anilines is 1. The van der Waals surface area contributed by atoms with Crippen LogP contribution in [0.1, 0.15) is 43.5 Å². The summed E-state index contributed by atoms with van der Waals surface area (Å²) in [5, 5.41) is 7.67. The lowest BCUT2D eigenvalue weighted by molar-refractivity contribution is -0.0269. The summed E-state index contributed by atoms with van der Waals surface area (Å²) in [6.07, 6.45) is 4.23. The predicted octanol–water partition coefficient (Wildman–Crippen LogP) is 2.99. The smallest absolute Gasteiger partial charge is 0.182 e. The number of ether oxygens (including phenoxy) is 1. The van der Waals surface area contributed by atoms with Crippen LogP contribution in [0.3, 0.4) is 0 Å². The second-order valence-electron chi connectivity index (χ2n) is 7.70. The van der Waals surface area contributed by atoms with Gasteiger partial charge in [-0.25, -0.2) is 29.2 Å². The largest absolute Gasteiger partial charge is 0.493 e. The van der Waals surface area contributed by atoms with Gasteiger partial charge >= 0.3 is 0 Å². The van der Waals surface area contributed by atoms with Gasteiger partial charge < -0.3 is 10.1 Å². The molecular weight excluding hydrogens is 375 g/mol. The predicted molar refractivity (Wildman–Crippen MR) is 105 cm³/mol. The average Bonchev–Trinajstić information content (AvgIpc) is 3.38. The molecule has 150 valence electrons. The van der Waals surface area contributed by atoms with Gasteiger partial charge in [-0.1, -0.05) is 0 Å². The molecule has 2 aromatic heterocycles. The summed E-state index contributed by atoms with van der Waals surface area (Å²) in [6, 6.07) is 4.69. The molecule has 0 fully saturated rings. The fourth-order valence-electron chi connectivity index (χ4n) is 3.64.